The van der Waals surface area contributed by atoms with Gasteiger partial charge in [-0.2, -0.15) is 0 Å². The maximum absolute atomic E-state index is 5.81. The molecular weight excluding hydrogens is 218 g/mol. The normalized spacial score (nSPS) is 11.8. The third-order valence-corrected chi connectivity index (χ3v) is 2.81. The molecule has 3 heterocycles. The third kappa shape index (κ3) is 0.949. The van der Waals surface area contributed by atoms with Crippen LogP contribution in [0.2, 0.25) is 0 Å². The molecule has 0 saturated heterocycles. The van der Waals surface area contributed by atoms with Crippen LogP contribution in [-0.2, 0) is 0 Å². The first-order valence-electron chi connectivity index (χ1n) is 5.05. The summed E-state index contributed by atoms with van der Waals surface area (Å²) in [6.07, 6.45) is 3.30. The fraction of sp³-hybridized carbons (Fsp3) is 0. The number of nitrogens with two attached hydrogens (primary N) is 1. The minimum absolute atomic E-state index is 0.667. The molecule has 7 nitrogen and oxygen atoms in total. The molecule has 0 unspecified atom stereocenters. The fourth-order valence-electron chi connectivity index (χ4n) is 2.06. The van der Waals surface area contributed by atoms with E-state index in [9.17, 15) is 0 Å². The summed E-state index contributed by atoms with van der Waals surface area (Å²) in [6.45, 7) is 0. The number of benzene rings is 1. The zero-order chi connectivity index (χ0) is 11.4. The van der Waals surface area contributed by atoms with Crippen LogP contribution in [0, 0.1) is 0 Å². The van der Waals surface area contributed by atoms with Gasteiger partial charge in [-0.15, -0.1) is 20.4 Å². The van der Waals surface area contributed by atoms with Gasteiger partial charge in [-0.05, 0) is 18.2 Å². The van der Waals surface area contributed by atoms with Gasteiger partial charge < -0.3 is 5.73 Å². The van der Waals surface area contributed by atoms with Crippen LogP contribution in [0.25, 0.3) is 22.3 Å². The van der Waals surface area contributed by atoms with Gasteiger partial charge in [0.15, 0.2) is 0 Å². The van der Waals surface area contributed by atoms with Crippen LogP contribution >= 0.6 is 0 Å². The van der Waals surface area contributed by atoms with Gasteiger partial charge in [-0.1, -0.05) is 0 Å². The monoisotopic (exact) mass is 225 g/mol. The summed E-state index contributed by atoms with van der Waals surface area (Å²) in [5.74, 6) is 0. The number of rotatable bonds is 0. The van der Waals surface area contributed by atoms with Crippen molar-refractivity contribution in [2.75, 3.05) is 5.73 Å². The molecule has 3 aromatic heterocycles. The number of anilines is 1. The van der Waals surface area contributed by atoms with Crippen LogP contribution in [-0.4, -0.2) is 29.2 Å². The maximum Gasteiger partial charge on any atom is 0.206 e. The number of nitrogens with zero attached hydrogens (tertiary/aromatic N) is 6. The highest BCUT2D eigenvalue weighted by Gasteiger charge is 2.11. The Balaban J connectivity index is 2.45. The summed E-state index contributed by atoms with van der Waals surface area (Å²) in [7, 11) is 0. The van der Waals surface area contributed by atoms with Crippen molar-refractivity contribution in [2.45, 2.75) is 0 Å². The predicted molar refractivity (Wildman–Crippen MR) is 61.5 cm³/mol. The van der Waals surface area contributed by atoms with Crippen molar-refractivity contribution in [3.63, 3.8) is 0 Å². The molecule has 17 heavy (non-hydrogen) atoms. The molecule has 0 radical (unpaired) electrons. The van der Waals surface area contributed by atoms with Gasteiger partial charge in [0.1, 0.15) is 12.7 Å². The molecule has 0 amide bonds. The van der Waals surface area contributed by atoms with E-state index in [0.717, 1.165) is 11.0 Å². The summed E-state index contributed by atoms with van der Waals surface area (Å²) in [4.78, 5) is 0. The molecule has 4 rings (SSSR count). The van der Waals surface area contributed by atoms with Gasteiger partial charge in [-0.3, -0.25) is 8.80 Å². The van der Waals surface area contributed by atoms with Crippen LogP contribution in [0.5, 0.6) is 0 Å². The summed E-state index contributed by atoms with van der Waals surface area (Å²) in [5, 5.41) is 15.9. The molecule has 0 aliphatic rings. The second-order valence-corrected chi connectivity index (χ2v) is 3.80. The molecule has 0 bridgehead atoms. The lowest BCUT2D eigenvalue weighted by molar-refractivity contribution is 1.10. The third-order valence-electron chi connectivity index (χ3n) is 2.81. The van der Waals surface area contributed by atoms with E-state index >= 15 is 0 Å². The van der Waals surface area contributed by atoms with E-state index in [0.29, 0.717) is 17.0 Å². The molecule has 0 aliphatic carbocycles. The van der Waals surface area contributed by atoms with Crippen molar-refractivity contribution in [3.05, 3.63) is 30.9 Å². The van der Waals surface area contributed by atoms with Crippen LogP contribution in [0.3, 0.4) is 0 Å². The Kier molecular flexibility index (Phi) is 1.34. The largest absolute Gasteiger partial charge is 0.399 e. The predicted octanol–water partition coefficient (Wildman–Crippen LogP) is 0.507. The molecule has 82 valence electrons. The van der Waals surface area contributed by atoms with E-state index in [4.69, 9.17) is 5.73 Å². The van der Waals surface area contributed by atoms with Crippen molar-refractivity contribution in [1.82, 2.24) is 29.2 Å². The zero-order valence-electron chi connectivity index (χ0n) is 8.65. The van der Waals surface area contributed by atoms with Gasteiger partial charge in [-0.25, -0.2) is 0 Å². The van der Waals surface area contributed by atoms with Crippen molar-refractivity contribution in [3.8, 4) is 0 Å². The Hall–Kier alpha value is -2.70. The average Bonchev–Trinajstić information content (AvgIpc) is 2.97. The molecular formula is C10H7N7. The van der Waals surface area contributed by atoms with E-state index < -0.39 is 0 Å². The Morgan fingerprint density at radius 3 is 2.24 bits per heavy atom. The van der Waals surface area contributed by atoms with Gasteiger partial charge in [0.2, 0.25) is 11.3 Å². The molecule has 7 heteroatoms. The summed E-state index contributed by atoms with van der Waals surface area (Å²) in [5.41, 5.74) is 9.74. The van der Waals surface area contributed by atoms with E-state index in [1.165, 1.54) is 0 Å². The van der Waals surface area contributed by atoms with Crippen molar-refractivity contribution in [1.29, 1.82) is 0 Å². The quantitative estimate of drug-likeness (QED) is 0.440. The molecule has 0 saturated carbocycles. The first-order chi connectivity index (χ1) is 8.34. The van der Waals surface area contributed by atoms with Crippen LogP contribution in [0.4, 0.5) is 5.69 Å². The van der Waals surface area contributed by atoms with Gasteiger partial charge in [0, 0.05) is 5.69 Å². The fourth-order valence-corrected chi connectivity index (χ4v) is 2.06. The first-order valence-corrected chi connectivity index (χ1v) is 5.05. The Labute approximate surface area is 94.5 Å². The Morgan fingerprint density at radius 2 is 1.53 bits per heavy atom. The van der Waals surface area contributed by atoms with Crippen molar-refractivity contribution < 1.29 is 0 Å². The van der Waals surface area contributed by atoms with E-state index in [2.05, 4.69) is 20.4 Å². The lowest BCUT2D eigenvalue weighted by Gasteiger charge is -2.05. The highest BCUT2D eigenvalue weighted by atomic mass is 15.3. The molecule has 0 spiro atoms. The minimum Gasteiger partial charge on any atom is -0.399 e. The van der Waals surface area contributed by atoms with E-state index in [1.54, 1.807) is 12.7 Å². The minimum atomic E-state index is 0.667. The Morgan fingerprint density at radius 1 is 0.882 bits per heavy atom. The van der Waals surface area contributed by atoms with Gasteiger partial charge >= 0.3 is 0 Å². The lowest BCUT2D eigenvalue weighted by Crippen LogP contribution is -1.97. The second-order valence-electron chi connectivity index (χ2n) is 3.80. The maximum atomic E-state index is 5.81. The smallest absolute Gasteiger partial charge is 0.206 e. The van der Waals surface area contributed by atoms with Crippen LogP contribution in [0.1, 0.15) is 0 Å². The number of hydrogen-bond acceptors (Lipinski definition) is 5. The topological polar surface area (TPSA) is 86.4 Å². The van der Waals surface area contributed by atoms with Crippen molar-refractivity contribution >= 4 is 28.0 Å². The average molecular weight is 225 g/mol. The molecule has 2 N–H and O–H groups in total. The summed E-state index contributed by atoms with van der Waals surface area (Å²) in [6, 6.07) is 5.66. The highest BCUT2D eigenvalue weighted by Crippen LogP contribution is 2.21. The molecule has 1 aromatic carbocycles. The summed E-state index contributed by atoms with van der Waals surface area (Å²) >= 11 is 0. The van der Waals surface area contributed by atoms with Gasteiger partial charge in [0.05, 0.1) is 11.0 Å². The highest BCUT2D eigenvalue weighted by molar-refractivity contribution is 5.86. The Bertz CT molecular complexity index is 857. The van der Waals surface area contributed by atoms with E-state index in [1.807, 2.05) is 27.0 Å². The number of fused-ring (bicyclic) bond motifs is 6. The van der Waals surface area contributed by atoms with Crippen LogP contribution < -0.4 is 5.73 Å². The molecule has 4 aromatic rings. The van der Waals surface area contributed by atoms with E-state index in [-0.39, 0.29) is 0 Å². The lowest BCUT2D eigenvalue weighted by atomic mass is 10.2. The number of nitrogen functional groups attached to an aromatic ring is 1. The number of aromatic nitrogens is 6. The number of hydrogen-bond donors (Lipinski definition) is 1. The molecule has 0 atom stereocenters. The van der Waals surface area contributed by atoms with Gasteiger partial charge in [0.25, 0.3) is 0 Å². The molecule has 0 aliphatic heterocycles. The standard InChI is InChI=1S/C10H7N7/c11-6-1-2-7-8(3-6)17-5-13-15-10(17)9-14-12-4-16(7)9/h1-5H,11H2. The first kappa shape index (κ1) is 8.45. The second kappa shape index (κ2) is 2.70. The molecule has 0 fully saturated rings. The van der Waals surface area contributed by atoms with Crippen LogP contribution in [0.15, 0.2) is 30.9 Å². The van der Waals surface area contributed by atoms with Crippen molar-refractivity contribution in [2.24, 2.45) is 0 Å². The summed E-state index contributed by atoms with van der Waals surface area (Å²) < 4.78 is 3.73. The zero-order valence-corrected chi connectivity index (χ0v) is 8.65. The SMILES string of the molecule is Nc1ccc2c(c1)n1cnnc1c1nncn21.